The Morgan fingerprint density at radius 2 is 0.614 bits per heavy atom. The maximum absolute atomic E-state index is 6.94. The molecule has 5 nitrogen and oxygen atoms in total. The van der Waals surface area contributed by atoms with E-state index < -0.39 is 0 Å². The van der Waals surface area contributed by atoms with Gasteiger partial charge in [0, 0.05) is 96.9 Å². The van der Waals surface area contributed by atoms with Crippen molar-refractivity contribution < 1.29 is 8.83 Å². The van der Waals surface area contributed by atoms with Gasteiger partial charge in [-0.15, -0.1) is 0 Å². The van der Waals surface area contributed by atoms with Crippen LogP contribution < -0.4 is 26.2 Å². The predicted octanol–water partition coefficient (Wildman–Crippen LogP) is 22.5. The van der Waals surface area contributed by atoms with Crippen LogP contribution >= 0.6 is 0 Å². The minimum Gasteiger partial charge on any atom is -0.455 e. The molecule has 0 aliphatic carbocycles. The van der Waals surface area contributed by atoms with Gasteiger partial charge in [0.1, 0.15) is 22.3 Å². The molecule has 0 N–H and O–H groups in total. The van der Waals surface area contributed by atoms with Crippen LogP contribution in [0.15, 0.2) is 349 Å². The lowest BCUT2D eigenvalue weighted by Gasteiger charge is -2.45. The zero-order valence-electron chi connectivity index (χ0n) is 55.6. The van der Waals surface area contributed by atoms with E-state index in [4.69, 9.17) is 8.83 Å². The summed E-state index contributed by atoms with van der Waals surface area (Å²) in [6.45, 7) is 1.83. The van der Waals surface area contributed by atoms with E-state index in [2.05, 4.69) is 354 Å². The number of anilines is 4. The third kappa shape index (κ3) is 9.76. The molecule has 0 saturated carbocycles. The van der Waals surface area contributed by atoms with Gasteiger partial charge < -0.3 is 23.2 Å². The maximum atomic E-state index is 6.94. The highest BCUT2D eigenvalue weighted by Gasteiger charge is 2.44. The first kappa shape index (κ1) is 58.5. The molecule has 0 radical (unpaired) electrons. The second kappa shape index (κ2) is 24.1. The van der Waals surface area contributed by atoms with Gasteiger partial charge in [-0.25, -0.2) is 0 Å². The maximum Gasteiger partial charge on any atom is 0.252 e. The zero-order valence-corrected chi connectivity index (χ0v) is 55.6. The Morgan fingerprint density at radius 1 is 0.267 bits per heavy atom. The number of aromatic nitrogens is 1. The molecule has 0 atom stereocenters. The van der Waals surface area contributed by atoms with Gasteiger partial charge in [-0.2, -0.15) is 0 Å². The van der Waals surface area contributed by atoms with E-state index >= 15 is 0 Å². The lowest BCUT2D eigenvalue weighted by molar-refractivity contribution is 0.669. The minimum atomic E-state index is -0.211. The normalized spacial score (nSPS) is 12.5. The van der Waals surface area contributed by atoms with Crippen molar-refractivity contribution in [2.45, 2.75) is 19.4 Å². The number of hydrogen-bond donors (Lipinski definition) is 0. The van der Waals surface area contributed by atoms with E-state index in [1.165, 1.54) is 122 Å². The van der Waals surface area contributed by atoms with E-state index in [-0.39, 0.29) is 6.71 Å². The lowest BCUT2D eigenvalue weighted by atomic mass is 9.33. The summed E-state index contributed by atoms with van der Waals surface area (Å²) in [4.78, 5) is 5.42. The number of rotatable bonds is 14. The molecule has 15 aromatic carbocycles. The molecular weight excluding hydrogens is 1230 g/mol. The van der Waals surface area contributed by atoms with Gasteiger partial charge in [-0.05, 0) is 150 Å². The first-order valence-electron chi connectivity index (χ1n) is 35.3. The fourth-order valence-electron chi connectivity index (χ4n) is 17.1. The van der Waals surface area contributed by atoms with Crippen molar-refractivity contribution in [2.75, 3.05) is 22.9 Å². The smallest absolute Gasteiger partial charge is 0.252 e. The van der Waals surface area contributed by atoms with Crippen LogP contribution in [-0.4, -0.2) is 24.4 Å². The van der Waals surface area contributed by atoms with Crippen molar-refractivity contribution in [3.8, 4) is 66.8 Å². The molecule has 0 amide bonds. The van der Waals surface area contributed by atoms with Crippen LogP contribution in [0.1, 0.15) is 16.7 Å². The molecule has 0 bridgehead atoms. The molecule has 18 aromatic rings. The number of nitrogens with zero attached hydrogens (tertiary/aromatic N) is 3. The van der Waals surface area contributed by atoms with Gasteiger partial charge in [0.2, 0.25) is 0 Å². The third-order valence-electron chi connectivity index (χ3n) is 21.6. The first-order chi connectivity index (χ1) is 50.1. The summed E-state index contributed by atoms with van der Waals surface area (Å²) >= 11 is 0. The summed E-state index contributed by atoms with van der Waals surface area (Å²) in [7, 11) is 0. The molecule has 2 aliphatic heterocycles. The average molecular weight is 1290 g/mol. The second-order valence-electron chi connectivity index (χ2n) is 27.1. The van der Waals surface area contributed by atoms with Crippen LogP contribution in [0.2, 0.25) is 0 Å². The summed E-state index contributed by atoms with van der Waals surface area (Å²) < 4.78 is 16.4. The Labute approximate surface area is 586 Å². The Bertz CT molecular complexity index is 5780. The van der Waals surface area contributed by atoms with E-state index in [0.29, 0.717) is 19.6 Å². The van der Waals surface area contributed by atoms with Crippen molar-refractivity contribution in [3.63, 3.8) is 0 Å². The first-order valence-corrected chi connectivity index (χ1v) is 35.3. The highest BCUT2D eigenvalue weighted by Crippen LogP contribution is 2.46. The van der Waals surface area contributed by atoms with Gasteiger partial charge in [0.05, 0.1) is 0 Å². The Balaban J connectivity index is 0.859. The average Bonchev–Trinajstić information content (AvgIpc) is 1.15. The fourth-order valence-corrected chi connectivity index (χ4v) is 17.1. The Kier molecular flexibility index (Phi) is 14.0. The van der Waals surface area contributed by atoms with Crippen LogP contribution in [0, 0.1) is 0 Å². The molecule has 0 spiro atoms. The SMILES string of the molecule is c1ccc(-c2cccc(-c3ccccc3)c2CCN2c3ccc(-c4cccc5c4oc4ccccc45)cc3B3c4cc(-c5cccc6c5oc5ccccc56)ccc4N(CCc4c(-c5ccccc5)cccc4-c4ccccc4)c4cc(Cn5c6ccccc6c6ccccc65)cc2c43)cc1. The Hall–Kier alpha value is -12.6. The van der Waals surface area contributed by atoms with Gasteiger partial charge in [0.25, 0.3) is 6.71 Å². The molecule has 6 heteroatoms. The molecule has 3 aromatic heterocycles. The van der Waals surface area contributed by atoms with Crippen molar-refractivity contribution in [2.24, 2.45) is 0 Å². The lowest BCUT2D eigenvalue weighted by Crippen LogP contribution is -2.62. The standard InChI is InChI=1S/C95H66BN3O2/c1-5-25-63(26-6-1)69-37-21-38-70(64-27-7-2-8-28-64)75(69)53-55-97-87-51-49-67(73-41-23-43-81-79-35-15-19-47-91(79)100-94(73)81)59-83(87)96-84-60-68(74-42-24-44-82-80-36-16-20-48-92(80)101-95(74)82)50-52-88(84)98(56-54-76-71(65-29-9-3-10-30-65)39-22-40-72(76)66-31-11-4-12-32-66)90-58-62(57-89(97)93(90)96)61-99-85-45-17-13-33-77(85)78-34-14-18-46-86(78)99/h1-52,57-60H,53-56,61H2. The van der Waals surface area contributed by atoms with Crippen molar-refractivity contribution in [3.05, 3.63) is 356 Å². The van der Waals surface area contributed by atoms with Crippen LogP contribution in [0.25, 0.3) is 132 Å². The van der Waals surface area contributed by atoms with E-state index in [1.807, 2.05) is 0 Å². The van der Waals surface area contributed by atoms with Crippen molar-refractivity contribution in [1.82, 2.24) is 4.57 Å². The number of benzene rings is 15. The quantitative estimate of drug-likeness (QED) is 0.102. The monoisotopic (exact) mass is 1290 g/mol. The van der Waals surface area contributed by atoms with Crippen molar-refractivity contribution in [1.29, 1.82) is 0 Å². The van der Waals surface area contributed by atoms with Gasteiger partial charge in [-0.3, -0.25) is 0 Å². The highest BCUT2D eigenvalue weighted by atomic mass is 16.3. The molecule has 0 saturated heterocycles. The molecule has 476 valence electrons. The number of hydrogen-bond acceptors (Lipinski definition) is 4. The van der Waals surface area contributed by atoms with Crippen LogP contribution in [0.5, 0.6) is 0 Å². The second-order valence-corrected chi connectivity index (χ2v) is 27.1. The molecular formula is C95H66BN3O2. The number of fused-ring (bicyclic) bond motifs is 13. The number of furan rings is 2. The molecule has 0 unspecified atom stereocenters. The molecule has 20 rings (SSSR count). The summed E-state index contributed by atoms with van der Waals surface area (Å²) in [6, 6.07) is 126. The van der Waals surface area contributed by atoms with Crippen LogP contribution in [0.4, 0.5) is 22.7 Å². The summed E-state index contributed by atoms with van der Waals surface area (Å²) in [5.41, 5.74) is 32.7. The summed E-state index contributed by atoms with van der Waals surface area (Å²) in [5.74, 6) is 0. The fraction of sp³-hybridized carbons (Fsp3) is 0.0526. The van der Waals surface area contributed by atoms with Gasteiger partial charge in [0.15, 0.2) is 0 Å². The molecule has 101 heavy (non-hydrogen) atoms. The van der Waals surface area contributed by atoms with E-state index in [9.17, 15) is 0 Å². The Morgan fingerprint density at radius 3 is 1.03 bits per heavy atom. The zero-order chi connectivity index (χ0) is 66.5. The molecule has 0 fully saturated rings. The summed E-state index contributed by atoms with van der Waals surface area (Å²) in [6.07, 6.45) is 1.52. The van der Waals surface area contributed by atoms with Crippen LogP contribution in [0.3, 0.4) is 0 Å². The topological polar surface area (TPSA) is 37.7 Å². The largest absolute Gasteiger partial charge is 0.455 e. The van der Waals surface area contributed by atoms with Gasteiger partial charge in [-0.1, -0.05) is 291 Å². The third-order valence-corrected chi connectivity index (χ3v) is 21.6. The summed E-state index contributed by atoms with van der Waals surface area (Å²) in [5, 5.41) is 6.97. The highest BCUT2D eigenvalue weighted by molar-refractivity contribution is 7.00. The number of para-hydroxylation sites is 6. The van der Waals surface area contributed by atoms with E-state index in [1.54, 1.807) is 0 Å². The minimum absolute atomic E-state index is 0.211. The molecule has 2 aliphatic rings. The van der Waals surface area contributed by atoms with Crippen LogP contribution in [-0.2, 0) is 19.4 Å². The molecule has 5 heterocycles. The van der Waals surface area contributed by atoms with E-state index in [0.717, 1.165) is 79.0 Å². The predicted molar refractivity (Wildman–Crippen MR) is 424 cm³/mol. The van der Waals surface area contributed by atoms with Crippen molar-refractivity contribution >= 4 is 112 Å². The van der Waals surface area contributed by atoms with Gasteiger partial charge >= 0.3 is 0 Å².